The van der Waals surface area contributed by atoms with Gasteiger partial charge in [0.25, 0.3) is 0 Å². The summed E-state index contributed by atoms with van der Waals surface area (Å²) < 4.78 is 23.7. The summed E-state index contributed by atoms with van der Waals surface area (Å²) in [4.78, 5) is 23.3. The van der Waals surface area contributed by atoms with Crippen molar-refractivity contribution in [3.8, 4) is 0 Å². The van der Waals surface area contributed by atoms with E-state index in [2.05, 4.69) is 79.9 Å². The van der Waals surface area contributed by atoms with Gasteiger partial charge in [-0.05, 0) is 83.5 Å². The van der Waals surface area contributed by atoms with Gasteiger partial charge in [0, 0.05) is 6.42 Å². The van der Waals surface area contributed by atoms with Gasteiger partial charge in [0.2, 0.25) is 5.91 Å². The van der Waals surface area contributed by atoms with Crippen molar-refractivity contribution in [3.05, 3.63) is 72.9 Å². The number of likely N-dealkylation sites (N-methyl/N-ethyl adjacent to an activating group) is 1. The summed E-state index contributed by atoms with van der Waals surface area (Å²) in [6.07, 6.45) is 76.0. The van der Waals surface area contributed by atoms with Gasteiger partial charge < -0.3 is 19.8 Å². The van der Waals surface area contributed by atoms with Crippen molar-refractivity contribution < 1.29 is 32.9 Å². The molecule has 3 atom stereocenters. The van der Waals surface area contributed by atoms with E-state index >= 15 is 0 Å². The molecule has 0 saturated heterocycles. The fraction of sp³-hybridized carbons (Fsp3) is 0.797. The molecule has 0 aromatic carbocycles. The van der Waals surface area contributed by atoms with Crippen LogP contribution in [0, 0.1) is 0 Å². The number of quaternary nitrogens is 1. The van der Waals surface area contributed by atoms with Gasteiger partial charge in [-0.2, -0.15) is 0 Å². The van der Waals surface area contributed by atoms with Gasteiger partial charge in [-0.15, -0.1) is 0 Å². The van der Waals surface area contributed by atoms with E-state index in [1.165, 1.54) is 199 Å². The molecule has 0 aromatic rings. The van der Waals surface area contributed by atoms with Gasteiger partial charge >= 0.3 is 7.82 Å². The van der Waals surface area contributed by atoms with Crippen molar-refractivity contribution in [1.82, 2.24) is 5.32 Å². The summed E-state index contributed by atoms with van der Waals surface area (Å²) in [6.45, 7) is 4.78. The highest BCUT2D eigenvalue weighted by atomic mass is 31.2. The van der Waals surface area contributed by atoms with Gasteiger partial charge in [-0.3, -0.25) is 13.8 Å². The molecule has 73 heavy (non-hydrogen) atoms. The number of phosphoric acid groups is 1. The second kappa shape index (κ2) is 54.7. The Balaban J connectivity index is 4.05. The lowest BCUT2D eigenvalue weighted by molar-refractivity contribution is -0.870. The standard InChI is InChI=1S/C64H119N2O6P/c1-6-8-10-12-14-16-18-20-22-24-25-26-27-28-29-30-31-32-33-34-35-36-37-38-39-40-41-42-44-46-48-50-52-54-56-58-64(68)65-62(61-72-73(69,70)71-60-59-66(3,4)5)63(67)57-55-53-51-49-47-45-43-23-21-19-17-15-13-11-9-7-2/h18,20-21,23-25,27-28,47,49,55,57,62-63,67H,6-17,19,22,26,29-46,48,50-54,56,58-61H2,1-5H3,(H-,65,68,69,70)/p+1/b20-18-,23-21+,25-24-,28-27-,49-47+,57-55+. The highest BCUT2D eigenvalue weighted by Gasteiger charge is 2.27. The number of unbranched alkanes of at least 4 members (excludes halogenated alkanes) is 33. The predicted octanol–water partition coefficient (Wildman–Crippen LogP) is 19.0. The Hall–Kier alpha value is -2.06. The summed E-state index contributed by atoms with van der Waals surface area (Å²) in [6, 6.07) is -0.871. The molecule has 3 N–H and O–H groups in total. The Morgan fingerprint density at radius 1 is 0.466 bits per heavy atom. The zero-order chi connectivity index (χ0) is 53.5. The quantitative estimate of drug-likeness (QED) is 0.0243. The molecule has 0 heterocycles. The molecule has 0 aliphatic rings. The minimum atomic E-state index is -4.36. The van der Waals surface area contributed by atoms with E-state index in [0.29, 0.717) is 17.4 Å². The van der Waals surface area contributed by atoms with Gasteiger partial charge in [0.1, 0.15) is 13.2 Å². The molecule has 0 radical (unpaired) electrons. The van der Waals surface area contributed by atoms with Crippen molar-refractivity contribution in [2.75, 3.05) is 40.9 Å². The Labute approximate surface area is 453 Å². The monoisotopic (exact) mass is 1040 g/mol. The van der Waals surface area contributed by atoms with Crippen LogP contribution in [0.5, 0.6) is 0 Å². The van der Waals surface area contributed by atoms with Gasteiger partial charge in [0.15, 0.2) is 0 Å². The molecule has 1 amide bonds. The molecule has 0 aliphatic heterocycles. The third-order valence-electron chi connectivity index (χ3n) is 13.6. The third kappa shape index (κ3) is 57.5. The minimum absolute atomic E-state index is 0.0525. The summed E-state index contributed by atoms with van der Waals surface area (Å²) in [7, 11) is 1.55. The van der Waals surface area contributed by atoms with Crippen molar-refractivity contribution in [2.45, 2.75) is 289 Å². The zero-order valence-corrected chi connectivity index (χ0v) is 49.5. The van der Waals surface area contributed by atoms with Crippen LogP contribution in [0.15, 0.2) is 72.9 Å². The highest BCUT2D eigenvalue weighted by molar-refractivity contribution is 7.47. The Morgan fingerprint density at radius 2 is 0.795 bits per heavy atom. The lowest BCUT2D eigenvalue weighted by atomic mass is 10.0. The first kappa shape index (κ1) is 70.9. The third-order valence-corrected chi connectivity index (χ3v) is 14.6. The number of aliphatic hydroxyl groups excluding tert-OH is 1. The van der Waals surface area contributed by atoms with Crippen LogP contribution in [-0.4, -0.2) is 73.4 Å². The number of carbonyl (C=O) groups excluding carboxylic acids is 1. The summed E-state index contributed by atoms with van der Waals surface area (Å²) in [5.41, 5.74) is 0. The first-order valence-corrected chi connectivity index (χ1v) is 32.3. The number of phosphoric ester groups is 1. The molecule has 0 rings (SSSR count). The molecule has 0 fully saturated rings. The van der Waals surface area contributed by atoms with Gasteiger partial charge in [0.05, 0.1) is 39.9 Å². The van der Waals surface area contributed by atoms with Crippen LogP contribution in [0.25, 0.3) is 0 Å². The number of rotatable bonds is 56. The van der Waals surface area contributed by atoms with E-state index in [9.17, 15) is 19.4 Å². The van der Waals surface area contributed by atoms with E-state index in [4.69, 9.17) is 9.05 Å². The normalized spacial score (nSPS) is 14.3. The maximum atomic E-state index is 13.0. The number of amides is 1. The molecular weight excluding hydrogens is 924 g/mol. The number of hydrogen-bond donors (Lipinski definition) is 3. The maximum Gasteiger partial charge on any atom is 0.472 e. The van der Waals surface area contributed by atoms with E-state index in [-0.39, 0.29) is 19.1 Å². The first-order valence-electron chi connectivity index (χ1n) is 30.8. The van der Waals surface area contributed by atoms with Crippen LogP contribution in [-0.2, 0) is 18.4 Å². The Kier molecular flexibility index (Phi) is 53.2. The summed E-state index contributed by atoms with van der Waals surface area (Å²) in [5, 5.41) is 13.9. The summed E-state index contributed by atoms with van der Waals surface area (Å²) in [5.74, 6) is -0.189. The van der Waals surface area contributed by atoms with Crippen molar-refractivity contribution >= 4 is 13.7 Å². The number of aliphatic hydroxyl groups is 1. The second-order valence-corrected chi connectivity index (χ2v) is 23.5. The molecule has 426 valence electrons. The van der Waals surface area contributed by atoms with Crippen LogP contribution in [0.2, 0.25) is 0 Å². The van der Waals surface area contributed by atoms with E-state index in [0.717, 1.165) is 57.8 Å². The Morgan fingerprint density at radius 3 is 1.19 bits per heavy atom. The van der Waals surface area contributed by atoms with Gasteiger partial charge in [-0.25, -0.2) is 4.57 Å². The van der Waals surface area contributed by atoms with Gasteiger partial charge in [-0.1, -0.05) is 260 Å². The number of hydrogen-bond acceptors (Lipinski definition) is 5. The van der Waals surface area contributed by atoms with Crippen LogP contribution >= 0.6 is 7.82 Å². The van der Waals surface area contributed by atoms with Crippen LogP contribution in [0.3, 0.4) is 0 Å². The zero-order valence-electron chi connectivity index (χ0n) is 48.6. The molecule has 0 bridgehead atoms. The predicted molar refractivity (Wildman–Crippen MR) is 318 cm³/mol. The fourth-order valence-electron chi connectivity index (χ4n) is 8.79. The van der Waals surface area contributed by atoms with Crippen molar-refractivity contribution in [2.24, 2.45) is 0 Å². The van der Waals surface area contributed by atoms with Crippen molar-refractivity contribution in [3.63, 3.8) is 0 Å². The molecule has 0 spiro atoms. The first-order chi connectivity index (χ1) is 35.5. The summed E-state index contributed by atoms with van der Waals surface area (Å²) >= 11 is 0. The number of nitrogens with one attached hydrogen (secondary N) is 1. The average molecular weight is 1040 g/mol. The molecule has 3 unspecified atom stereocenters. The molecule has 0 aliphatic carbocycles. The van der Waals surface area contributed by atoms with E-state index in [1.54, 1.807) is 6.08 Å². The topological polar surface area (TPSA) is 105 Å². The molecule has 0 saturated carbocycles. The molecular formula is C64H120N2O6P+. The molecule has 8 nitrogen and oxygen atoms in total. The van der Waals surface area contributed by atoms with E-state index < -0.39 is 20.0 Å². The Bertz CT molecular complexity index is 1420. The van der Waals surface area contributed by atoms with Crippen LogP contribution in [0.1, 0.15) is 277 Å². The lowest BCUT2D eigenvalue weighted by Gasteiger charge is -2.25. The van der Waals surface area contributed by atoms with Crippen LogP contribution < -0.4 is 5.32 Å². The fourth-order valence-corrected chi connectivity index (χ4v) is 9.52. The molecule has 0 aromatic heterocycles. The van der Waals surface area contributed by atoms with Crippen molar-refractivity contribution in [1.29, 1.82) is 0 Å². The minimum Gasteiger partial charge on any atom is -0.387 e. The van der Waals surface area contributed by atoms with E-state index in [1.807, 2.05) is 27.2 Å². The number of nitrogens with zero attached hydrogens (tertiary/aromatic N) is 1. The SMILES string of the molecule is CCCCCCC/C=C\C/C=C\C/C=C\CCCCCCCCCCCCCCCCCCCCCCC(=O)NC(COP(=O)(O)OCC[N+](C)(C)C)C(O)/C=C/CC/C=C/CC/C=C/CCCCCCCC. The average Bonchev–Trinajstić information content (AvgIpc) is 3.35. The van der Waals surface area contributed by atoms with Crippen LogP contribution in [0.4, 0.5) is 0 Å². The number of allylic oxidation sites excluding steroid dienone is 11. The smallest absolute Gasteiger partial charge is 0.387 e. The lowest BCUT2D eigenvalue weighted by Crippen LogP contribution is -2.45. The second-order valence-electron chi connectivity index (χ2n) is 22.1. The largest absolute Gasteiger partial charge is 0.472 e. The molecule has 9 heteroatoms. The maximum absolute atomic E-state index is 13.0. The number of carbonyl (C=O) groups is 1. The highest BCUT2D eigenvalue weighted by Crippen LogP contribution is 2.43.